The van der Waals surface area contributed by atoms with Crippen LogP contribution in [0.1, 0.15) is 84.5 Å². The quantitative estimate of drug-likeness (QED) is 0.124. The van der Waals surface area contributed by atoms with Crippen molar-refractivity contribution in [1.29, 1.82) is 0 Å². The molecule has 3 atom stereocenters. The molecular formula is C40H53N5O8S. The largest absolute Gasteiger partial charge is 0.491 e. The van der Waals surface area contributed by atoms with Crippen molar-refractivity contribution in [2.75, 3.05) is 53.2 Å². The molecule has 2 fully saturated rings. The van der Waals surface area contributed by atoms with Gasteiger partial charge in [-0.25, -0.2) is 9.78 Å². The number of ketones is 1. The summed E-state index contributed by atoms with van der Waals surface area (Å²) in [5.41, 5.74) is 7.00. The maximum atomic E-state index is 14.4. The number of nitrogens with zero attached hydrogens (tertiary/aromatic N) is 3. The molecular weight excluding hydrogens is 711 g/mol. The fraction of sp³-hybridized carbons (Fsp3) is 0.525. The van der Waals surface area contributed by atoms with E-state index in [0.717, 1.165) is 44.1 Å². The van der Waals surface area contributed by atoms with Crippen LogP contribution in [-0.2, 0) is 30.4 Å². The Hall–Kier alpha value is -4.37. The highest BCUT2D eigenvalue weighted by Gasteiger charge is 2.41. The SMILES string of the molecule is CC(C(=O)NC(C(=O)N1CCC[C@H]1c1nc(C(=O)c2cccc(OCCOCCOCCN)c2)cs1)C1CCCCC1)N(C)C(=O)OCc1ccccc1. The molecule has 1 aliphatic heterocycles. The Labute approximate surface area is 321 Å². The number of hydrogen-bond donors (Lipinski definition) is 2. The molecule has 14 heteroatoms. The van der Waals surface area contributed by atoms with Crippen molar-refractivity contribution < 1.29 is 38.1 Å². The number of carbonyl (C=O) groups is 4. The number of hydrogen-bond acceptors (Lipinski definition) is 11. The van der Waals surface area contributed by atoms with Crippen LogP contribution in [0, 0.1) is 5.92 Å². The van der Waals surface area contributed by atoms with Gasteiger partial charge in [-0.15, -0.1) is 11.3 Å². The second-order valence-electron chi connectivity index (χ2n) is 13.7. The Bertz CT molecular complexity index is 1670. The maximum absolute atomic E-state index is 14.4. The number of benzene rings is 2. The molecule has 0 spiro atoms. The summed E-state index contributed by atoms with van der Waals surface area (Å²) in [6.45, 7) is 4.82. The Kier molecular flexibility index (Phi) is 15.8. The van der Waals surface area contributed by atoms with Gasteiger partial charge in [0.25, 0.3) is 0 Å². The highest BCUT2D eigenvalue weighted by Crippen LogP contribution is 2.36. The molecule has 1 saturated carbocycles. The predicted molar refractivity (Wildman–Crippen MR) is 204 cm³/mol. The van der Waals surface area contributed by atoms with Gasteiger partial charge >= 0.3 is 6.09 Å². The molecule has 3 N–H and O–H groups in total. The first-order valence-corrected chi connectivity index (χ1v) is 19.8. The van der Waals surface area contributed by atoms with E-state index in [1.54, 1.807) is 36.6 Å². The summed E-state index contributed by atoms with van der Waals surface area (Å²) in [4.78, 5) is 62.3. The fourth-order valence-electron chi connectivity index (χ4n) is 6.79. The molecule has 1 aliphatic carbocycles. The van der Waals surface area contributed by atoms with Gasteiger partial charge in [-0.3, -0.25) is 19.3 Å². The van der Waals surface area contributed by atoms with Gasteiger partial charge in [0.2, 0.25) is 17.6 Å². The molecule has 13 nitrogen and oxygen atoms in total. The lowest BCUT2D eigenvalue weighted by molar-refractivity contribution is -0.140. The van der Waals surface area contributed by atoms with Crippen molar-refractivity contribution in [2.24, 2.45) is 11.7 Å². The van der Waals surface area contributed by atoms with E-state index in [1.807, 2.05) is 35.2 Å². The normalized spacial score (nSPS) is 17.1. The third-order valence-electron chi connectivity index (χ3n) is 9.94. The Morgan fingerprint density at radius 1 is 0.944 bits per heavy atom. The van der Waals surface area contributed by atoms with Crippen molar-refractivity contribution >= 4 is 35.0 Å². The van der Waals surface area contributed by atoms with Crippen LogP contribution >= 0.6 is 11.3 Å². The van der Waals surface area contributed by atoms with Crippen molar-refractivity contribution in [3.05, 3.63) is 81.8 Å². The van der Waals surface area contributed by atoms with E-state index in [1.165, 1.54) is 23.3 Å². The average Bonchev–Trinajstić information content (AvgIpc) is 3.90. The van der Waals surface area contributed by atoms with E-state index in [0.29, 0.717) is 74.6 Å². The standard InChI is InChI=1S/C40H53N5O8S/c1-28(44(2)40(49)53-26-29-11-5-3-6-12-29)37(47)43-35(30-13-7-4-8-14-30)39(48)45-19-10-17-34(45)38-42-33(27-54-38)36(46)31-15-9-16-32(25-31)52-24-23-51-22-21-50-20-18-41/h3,5-6,9,11-12,15-16,25,27-28,30,34-35H,4,7-8,10,13-14,17-24,26,41H2,1-2H3,(H,43,47)/t28?,34-,35?/m0/s1. The molecule has 1 aromatic heterocycles. The van der Waals surface area contributed by atoms with E-state index in [4.69, 9.17) is 29.7 Å². The molecule has 2 heterocycles. The number of amides is 3. The summed E-state index contributed by atoms with van der Waals surface area (Å²) < 4.78 is 22.0. The van der Waals surface area contributed by atoms with Crippen LogP contribution in [0.2, 0.25) is 0 Å². The number of ether oxygens (including phenoxy) is 4. The molecule has 2 unspecified atom stereocenters. The summed E-state index contributed by atoms with van der Waals surface area (Å²) >= 11 is 1.36. The zero-order chi connectivity index (χ0) is 38.3. The van der Waals surface area contributed by atoms with Gasteiger partial charge < -0.3 is 34.9 Å². The van der Waals surface area contributed by atoms with Crippen LogP contribution < -0.4 is 15.8 Å². The lowest BCUT2D eigenvalue weighted by Crippen LogP contribution is -2.56. The van der Waals surface area contributed by atoms with Crippen molar-refractivity contribution in [3.63, 3.8) is 0 Å². The first-order valence-electron chi connectivity index (χ1n) is 18.9. The monoisotopic (exact) mass is 763 g/mol. The summed E-state index contributed by atoms with van der Waals surface area (Å²) in [7, 11) is 1.52. The molecule has 2 aromatic carbocycles. The van der Waals surface area contributed by atoms with Crippen LogP contribution in [0.5, 0.6) is 5.75 Å². The minimum Gasteiger partial charge on any atom is -0.491 e. The van der Waals surface area contributed by atoms with E-state index in [9.17, 15) is 19.2 Å². The first-order chi connectivity index (χ1) is 26.3. The number of likely N-dealkylation sites (N-methyl/N-ethyl adjacent to an activating group) is 1. The Morgan fingerprint density at radius 3 is 2.44 bits per heavy atom. The third-order valence-corrected chi connectivity index (χ3v) is 10.9. The van der Waals surface area contributed by atoms with Gasteiger partial charge in [-0.1, -0.05) is 61.7 Å². The van der Waals surface area contributed by atoms with Crippen LogP contribution in [0.25, 0.3) is 0 Å². The number of rotatable bonds is 19. The lowest BCUT2D eigenvalue weighted by atomic mass is 9.83. The fourth-order valence-corrected chi connectivity index (χ4v) is 7.73. The molecule has 3 aromatic rings. The van der Waals surface area contributed by atoms with Crippen molar-refractivity contribution in [2.45, 2.75) is 76.6 Å². The highest BCUT2D eigenvalue weighted by atomic mass is 32.1. The van der Waals surface area contributed by atoms with E-state index < -0.39 is 24.1 Å². The second-order valence-corrected chi connectivity index (χ2v) is 14.6. The number of aromatic nitrogens is 1. The number of nitrogens with two attached hydrogens (primary N) is 1. The van der Waals surface area contributed by atoms with E-state index in [2.05, 4.69) is 5.32 Å². The Morgan fingerprint density at radius 2 is 1.69 bits per heavy atom. The first kappa shape index (κ1) is 40.8. The maximum Gasteiger partial charge on any atom is 0.410 e. The Balaban J connectivity index is 1.20. The minimum absolute atomic E-state index is 0.0242. The molecule has 0 radical (unpaired) electrons. The molecule has 3 amide bonds. The lowest BCUT2D eigenvalue weighted by Gasteiger charge is -2.35. The topological polar surface area (TPSA) is 163 Å². The van der Waals surface area contributed by atoms with Crippen LogP contribution in [0.4, 0.5) is 4.79 Å². The van der Waals surface area contributed by atoms with Gasteiger partial charge in [-0.2, -0.15) is 0 Å². The van der Waals surface area contributed by atoms with Crippen molar-refractivity contribution in [3.8, 4) is 5.75 Å². The number of thiazole rings is 1. The summed E-state index contributed by atoms with van der Waals surface area (Å²) in [6.07, 6.45) is 5.57. The van der Waals surface area contributed by atoms with Gasteiger partial charge in [0.1, 0.15) is 41.7 Å². The predicted octanol–water partition coefficient (Wildman–Crippen LogP) is 5.13. The number of nitrogens with one attached hydrogen (secondary N) is 1. The van der Waals surface area contributed by atoms with Crippen LogP contribution in [0.3, 0.4) is 0 Å². The van der Waals surface area contributed by atoms with Gasteiger partial charge in [0.05, 0.1) is 32.5 Å². The van der Waals surface area contributed by atoms with Gasteiger partial charge in [-0.05, 0) is 56.2 Å². The van der Waals surface area contributed by atoms with E-state index in [-0.39, 0.29) is 30.3 Å². The third kappa shape index (κ3) is 11.3. The van der Waals surface area contributed by atoms with Gasteiger partial charge in [0, 0.05) is 31.1 Å². The second kappa shape index (κ2) is 20.9. The summed E-state index contributed by atoms with van der Waals surface area (Å²) in [5, 5.41) is 5.47. The van der Waals surface area contributed by atoms with Crippen LogP contribution in [-0.4, -0.2) is 104 Å². The molecule has 5 rings (SSSR count). The zero-order valence-corrected chi connectivity index (χ0v) is 32.1. The zero-order valence-electron chi connectivity index (χ0n) is 31.3. The van der Waals surface area contributed by atoms with E-state index >= 15 is 0 Å². The summed E-state index contributed by atoms with van der Waals surface area (Å²) in [6, 6.07) is 14.4. The smallest absolute Gasteiger partial charge is 0.410 e. The number of likely N-dealkylation sites (tertiary alicyclic amines) is 1. The molecule has 292 valence electrons. The van der Waals surface area contributed by atoms with Crippen LogP contribution in [0.15, 0.2) is 60.0 Å². The van der Waals surface area contributed by atoms with Gasteiger partial charge in [0.15, 0.2) is 0 Å². The molecule has 0 bridgehead atoms. The summed E-state index contributed by atoms with van der Waals surface area (Å²) in [5.74, 6) is -0.280. The molecule has 2 aliphatic rings. The average molecular weight is 764 g/mol. The highest BCUT2D eigenvalue weighted by molar-refractivity contribution is 7.10. The minimum atomic E-state index is -0.863. The molecule has 1 saturated heterocycles. The van der Waals surface area contributed by atoms with Crippen molar-refractivity contribution in [1.82, 2.24) is 20.1 Å². The number of carbonyl (C=O) groups excluding carboxylic acids is 4. The molecule has 54 heavy (non-hydrogen) atoms.